The van der Waals surface area contributed by atoms with Crippen molar-refractivity contribution >= 4 is 52.4 Å². The van der Waals surface area contributed by atoms with Gasteiger partial charge in [0.15, 0.2) is 0 Å². The van der Waals surface area contributed by atoms with E-state index in [-0.39, 0.29) is 21.0 Å². The van der Waals surface area contributed by atoms with Gasteiger partial charge >= 0.3 is 6.15 Å². The number of rotatable bonds is 3. The zero-order valence-corrected chi connectivity index (χ0v) is 15.8. The van der Waals surface area contributed by atoms with Crippen molar-refractivity contribution in [2.24, 2.45) is 4.40 Å². The zero-order chi connectivity index (χ0) is 20.8. The Bertz CT molecular complexity index is 818. The first-order valence-electron chi connectivity index (χ1n) is 4.58. The lowest BCUT2D eigenvalue weighted by atomic mass is 11.7. The Labute approximate surface area is 153 Å². The summed E-state index contributed by atoms with van der Waals surface area (Å²) in [4.78, 5) is 25.4. The monoisotopic (exact) mass is 466 g/mol. The van der Waals surface area contributed by atoms with Crippen LogP contribution in [-0.2, 0) is 54.6 Å². The van der Waals surface area contributed by atoms with E-state index in [2.05, 4.69) is 4.40 Å². The van der Waals surface area contributed by atoms with E-state index in [9.17, 15) is 33.7 Å². The second-order valence-corrected chi connectivity index (χ2v) is 10.2. The van der Waals surface area contributed by atoms with Gasteiger partial charge in [-0.1, -0.05) is 19.3 Å². The number of nitrogens with zero attached hydrogens (tertiary/aromatic N) is 1. The molecule has 0 aliphatic heterocycles. The molecule has 0 rings (SSSR count). The lowest BCUT2D eigenvalue weighted by molar-refractivity contribution is -0.191. The number of hydrogen-bond donors (Lipinski definition) is 2. The molecule has 0 aromatic heterocycles. The van der Waals surface area contributed by atoms with Gasteiger partial charge in [0.05, 0.1) is 25.0 Å². The largest absolute Gasteiger partial charge is 0.373 e. The van der Waals surface area contributed by atoms with Crippen molar-refractivity contribution in [1.82, 2.24) is 4.13 Å². The molecule has 0 fully saturated rings. The van der Waals surface area contributed by atoms with Crippen LogP contribution in [0.2, 0.25) is 0 Å². The summed E-state index contributed by atoms with van der Waals surface area (Å²) >= 11 is 0. The molecular formula is C8H22N2O12S4. The van der Waals surface area contributed by atoms with Crippen molar-refractivity contribution in [1.29, 1.82) is 0 Å². The molecule has 0 saturated carbocycles. The maximum atomic E-state index is 10.2. The van der Waals surface area contributed by atoms with Crippen LogP contribution < -0.4 is 4.13 Å². The van der Waals surface area contributed by atoms with Crippen LogP contribution in [0.25, 0.3) is 0 Å². The molecule has 0 bridgehead atoms. The van der Waals surface area contributed by atoms with Gasteiger partial charge in [-0.05, 0) is 0 Å². The summed E-state index contributed by atoms with van der Waals surface area (Å²) in [6, 6.07) is 0. The highest BCUT2D eigenvalue weighted by Gasteiger charge is 2.08. The van der Waals surface area contributed by atoms with Crippen molar-refractivity contribution in [3.63, 3.8) is 0 Å². The van der Waals surface area contributed by atoms with E-state index >= 15 is 0 Å². The van der Waals surface area contributed by atoms with Crippen LogP contribution in [0.4, 0.5) is 0 Å². The molecule has 0 aromatic rings. The van der Waals surface area contributed by atoms with Gasteiger partial charge in [-0.25, -0.2) is 30.0 Å². The Morgan fingerprint density at radius 1 is 0.731 bits per heavy atom. The van der Waals surface area contributed by atoms with E-state index in [0.29, 0.717) is 6.26 Å². The second kappa shape index (κ2) is 16.9. The SMILES string of the molecule is C.C.CS(=O)(=O)N=C=O.CS(=O)(=O)NS(C)(=O)=O.CS(=O)(=O)O.O=C=O. The Morgan fingerprint density at radius 2 is 0.923 bits per heavy atom. The predicted octanol–water partition coefficient (Wildman–Crippen LogP) is -2.03. The minimum atomic E-state index is -3.67. The van der Waals surface area contributed by atoms with E-state index in [1.807, 2.05) is 0 Å². The summed E-state index contributed by atoms with van der Waals surface area (Å²) in [5.41, 5.74) is 0. The van der Waals surface area contributed by atoms with E-state index < -0.39 is 40.2 Å². The molecule has 0 spiro atoms. The second-order valence-electron chi connectivity index (χ2n) is 3.36. The van der Waals surface area contributed by atoms with E-state index in [4.69, 9.17) is 18.9 Å². The van der Waals surface area contributed by atoms with Gasteiger partial charge in [-0.2, -0.15) is 18.0 Å². The van der Waals surface area contributed by atoms with E-state index in [0.717, 1.165) is 24.8 Å². The Balaban J connectivity index is -0.0000000532. The summed E-state index contributed by atoms with van der Waals surface area (Å²) in [6.07, 6.45) is 4.22. The minimum absolute atomic E-state index is 0. The van der Waals surface area contributed by atoms with Crippen molar-refractivity contribution in [3.05, 3.63) is 0 Å². The number of isocyanates is 1. The highest BCUT2D eigenvalue weighted by atomic mass is 32.3. The lowest BCUT2D eigenvalue weighted by Gasteiger charge is -1.94. The summed E-state index contributed by atoms with van der Waals surface area (Å²) in [6.45, 7) is 0. The average molecular weight is 467 g/mol. The maximum Gasteiger partial charge on any atom is 0.373 e. The van der Waals surface area contributed by atoms with Gasteiger partial charge in [-0.3, -0.25) is 4.55 Å². The molecule has 0 heterocycles. The van der Waals surface area contributed by atoms with Crippen LogP contribution in [0.15, 0.2) is 4.40 Å². The molecule has 0 unspecified atom stereocenters. The third-order valence-electron chi connectivity index (χ3n) is 0.506. The molecule has 0 aromatic carbocycles. The van der Waals surface area contributed by atoms with Crippen LogP contribution in [0.1, 0.15) is 14.9 Å². The minimum Gasteiger partial charge on any atom is -0.286 e. The van der Waals surface area contributed by atoms with Gasteiger partial charge in [0.2, 0.25) is 20.0 Å². The smallest absolute Gasteiger partial charge is 0.286 e. The fourth-order valence-electron chi connectivity index (χ4n) is 0.343. The van der Waals surface area contributed by atoms with Crippen molar-refractivity contribution in [3.8, 4) is 0 Å². The Hall–Kier alpha value is -1.52. The summed E-state index contributed by atoms with van der Waals surface area (Å²) in [5.74, 6) is 0. The molecule has 2 N–H and O–H groups in total. The predicted molar refractivity (Wildman–Crippen MR) is 91.7 cm³/mol. The van der Waals surface area contributed by atoms with Crippen LogP contribution in [0.5, 0.6) is 0 Å². The maximum absolute atomic E-state index is 10.2. The molecule has 18 heteroatoms. The quantitative estimate of drug-likeness (QED) is 0.260. The van der Waals surface area contributed by atoms with Gasteiger partial charge in [0, 0.05) is 0 Å². The van der Waals surface area contributed by atoms with Gasteiger partial charge < -0.3 is 0 Å². The summed E-state index contributed by atoms with van der Waals surface area (Å²) in [7, 11) is -14.4. The van der Waals surface area contributed by atoms with Crippen LogP contribution in [0, 0.1) is 0 Å². The molecule has 0 aliphatic carbocycles. The first kappa shape index (κ1) is 39.5. The summed E-state index contributed by atoms with van der Waals surface area (Å²) < 4.78 is 89.9. The van der Waals surface area contributed by atoms with Crippen LogP contribution in [0.3, 0.4) is 0 Å². The number of sulfonamides is 3. The van der Waals surface area contributed by atoms with Crippen LogP contribution >= 0.6 is 0 Å². The van der Waals surface area contributed by atoms with E-state index in [1.165, 1.54) is 4.13 Å². The molecule has 0 amide bonds. The molecule has 26 heavy (non-hydrogen) atoms. The van der Waals surface area contributed by atoms with E-state index in [1.54, 1.807) is 0 Å². The lowest BCUT2D eigenvalue weighted by Crippen LogP contribution is -2.27. The topological polar surface area (TPSA) is 232 Å². The number of hydrogen-bond acceptors (Lipinski definition) is 11. The van der Waals surface area contributed by atoms with Gasteiger partial charge in [-0.15, -0.1) is 4.13 Å². The standard InChI is InChI=1S/C2H7NO4S2.C2H3NO3S.CH4O3S.CO2.2CH4/c1-8(4,5)3-9(2,6)7;1-7(5,6)3-2-4;1-5(2,3)4;2-1-3;;/h3H,1-2H3;1H3;1H3,(H,2,3,4);;2*1H4. The Kier molecular flexibility index (Phi) is 25.7. The number of nitrogens with one attached hydrogen (secondary N) is 1. The highest BCUT2D eigenvalue weighted by Crippen LogP contribution is 1.79. The molecule has 0 saturated heterocycles. The molecule has 0 radical (unpaired) electrons. The Morgan fingerprint density at radius 3 is 0.923 bits per heavy atom. The first-order valence-corrected chi connectivity index (χ1v) is 12.1. The number of carbonyl (C=O) groups excluding carboxylic acids is 3. The summed E-state index contributed by atoms with van der Waals surface area (Å²) in [5, 5.41) is 0. The average Bonchev–Trinajstić information content (AvgIpc) is 2.07. The fourth-order valence-corrected chi connectivity index (χ4v) is 2.68. The molecule has 160 valence electrons. The molecule has 0 atom stereocenters. The fraction of sp³-hybridized carbons (Fsp3) is 0.750. The highest BCUT2D eigenvalue weighted by molar-refractivity contribution is 8.04. The van der Waals surface area contributed by atoms with Crippen molar-refractivity contribution in [2.45, 2.75) is 14.9 Å². The van der Waals surface area contributed by atoms with Crippen molar-refractivity contribution in [2.75, 3.05) is 25.0 Å². The third-order valence-corrected chi connectivity index (χ3v) is 3.33. The van der Waals surface area contributed by atoms with Gasteiger partial charge in [0.25, 0.3) is 26.2 Å². The normalized spacial score (nSPS) is 9.88. The molecule has 0 aliphatic rings. The molecular weight excluding hydrogens is 444 g/mol. The van der Waals surface area contributed by atoms with Crippen molar-refractivity contribution < 1.29 is 52.6 Å². The van der Waals surface area contributed by atoms with Crippen LogP contribution in [-0.4, -0.2) is 75.5 Å². The van der Waals surface area contributed by atoms with Gasteiger partial charge in [0.1, 0.15) is 0 Å². The molecule has 14 nitrogen and oxygen atoms in total. The third kappa shape index (κ3) is 144. The first-order chi connectivity index (χ1) is 10.2. The zero-order valence-electron chi connectivity index (χ0n) is 12.5.